The number of aromatic amines is 1. The average Bonchev–Trinajstić information content (AvgIpc) is 2.90. The number of rotatable bonds is 4. The number of carbonyl (C=O) groups excluding carboxylic acids is 1. The summed E-state index contributed by atoms with van der Waals surface area (Å²) >= 11 is 0. The second-order valence-corrected chi connectivity index (χ2v) is 4.65. The minimum atomic E-state index is -0.742. The second kappa shape index (κ2) is 6.17. The predicted octanol–water partition coefficient (Wildman–Crippen LogP) is 0.247. The van der Waals surface area contributed by atoms with Crippen LogP contribution in [0.25, 0.3) is 0 Å². The lowest BCUT2D eigenvalue weighted by Crippen LogP contribution is -2.44. The molecule has 4 N–H and O–H groups in total. The van der Waals surface area contributed by atoms with E-state index in [9.17, 15) is 9.59 Å². The summed E-state index contributed by atoms with van der Waals surface area (Å²) in [4.78, 5) is 26.3. The van der Waals surface area contributed by atoms with Crippen LogP contribution in [0.2, 0.25) is 0 Å². The molecule has 8 nitrogen and oxygen atoms in total. The van der Waals surface area contributed by atoms with Crippen molar-refractivity contribution in [3.8, 4) is 0 Å². The van der Waals surface area contributed by atoms with Gasteiger partial charge in [-0.2, -0.15) is 5.10 Å². The van der Waals surface area contributed by atoms with Crippen LogP contribution in [-0.2, 0) is 11.3 Å². The molecule has 0 bridgehead atoms. The molecule has 1 saturated carbocycles. The van der Waals surface area contributed by atoms with E-state index in [0.29, 0.717) is 31.5 Å². The number of amides is 2. The Balaban J connectivity index is 1.67. The summed E-state index contributed by atoms with van der Waals surface area (Å²) in [5.41, 5.74) is 0. The van der Waals surface area contributed by atoms with Gasteiger partial charge in [0.1, 0.15) is 12.2 Å². The van der Waals surface area contributed by atoms with E-state index in [1.165, 1.54) is 6.33 Å². The van der Waals surface area contributed by atoms with Crippen molar-refractivity contribution in [2.24, 2.45) is 5.92 Å². The maximum Gasteiger partial charge on any atom is 0.315 e. The maximum atomic E-state index is 11.6. The molecule has 1 fully saturated rings. The highest BCUT2D eigenvalue weighted by Crippen LogP contribution is 2.24. The molecule has 0 saturated heterocycles. The van der Waals surface area contributed by atoms with Gasteiger partial charge in [0.25, 0.3) is 0 Å². The first-order valence-corrected chi connectivity index (χ1v) is 6.26. The zero-order valence-electron chi connectivity index (χ0n) is 10.4. The van der Waals surface area contributed by atoms with Crippen LogP contribution in [0.3, 0.4) is 0 Å². The van der Waals surface area contributed by atoms with Crippen LogP contribution in [0.4, 0.5) is 4.79 Å². The molecule has 2 amide bonds. The zero-order valence-corrected chi connectivity index (χ0v) is 10.4. The fraction of sp³-hybridized carbons (Fsp3) is 0.636. The smallest absolute Gasteiger partial charge is 0.315 e. The van der Waals surface area contributed by atoms with Crippen molar-refractivity contribution in [1.82, 2.24) is 25.8 Å². The summed E-state index contributed by atoms with van der Waals surface area (Å²) in [6.45, 7) is 0.288. The summed E-state index contributed by atoms with van der Waals surface area (Å²) in [5, 5.41) is 20.7. The number of aliphatic carboxylic acids is 1. The molecule has 0 aliphatic heterocycles. The Labute approximate surface area is 110 Å². The van der Waals surface area contributed by atoms with Crippen LogP contribution in [-0.4, -0.2) is 38.3 Å². The maximum absolute atomic E-state index is 11.6. The Bertz CT molecular complexity index is 426. The largest absolute Gasteiger partial charge is 0.481 e. The van der Waals surface area contributed by atoms with Gasteiger partial charge in [0, 0.05) is 6.04 Å². The van der Waals surface area contributed by atoms with Crippen molar-refractivity contribution in [3.05, 3.63) is 12.2 Å². The van der Waals surface area contributed by atoms with E-state index >= 15 is 0 Å². The summed E-state index contributed by atoms with van der Waals surface area (Å²) in [6.07, 6.45) is 4.01. The van der Waals surface area contributed by atoms with Gasteiger partial charge in [0.15, 0.2) is 0 Å². The number of carbonyl (C=O) groups is 2. The molecule has 104 valence electrons. The van der Waals surface area contributed by atoms with Gasteiger partial charge in [-0.3, -0.25) is 9.89 Å². The Morgan fingerprint density at radius 1 is 1.37 bits per heavy atom. The molecule has 0 atom stereocenters. The standard InChI is InChI=1S/C11H17N5O3/c17-10(18)7-1-3-8(4-2-7)15-11(19)12-5-9-13-6-14-16-9/h6-8H,1-5H2,(H,17,18)(H2,12,15,19)(H,13,14,16). The molecule has 1 heterocycles. The Morgan fingerprint density at radius 3 is 2.68 bits per heavy atom. The first-order chi connectivity index (χ1) is 9.15. The number of nitrogens with one attached hydrogen (secondary N) is 3. The van der Waals surface area contributed by atoms with Crippen LogP contribution in [0.1, 0.15) is 31.5 Å². The van der Waals surface area contributed by atoms with E-state index in [0.717, 1.165) is 0 Å². The highest BCUT2D eigenvalue weighted by molar-refractivity contribution is 5.74. The van der Waals surface area contributed by atoms with Crippen molar-refractivity contribution in [2.75, 3.05) is 0 Å². The van der Waals surface area contributed by atoms with Gasteiger partial charge in [-0.15, -0.1) is 0 Å². The van der Waals surface area contributed by atoms with Crippen LogP contribution in [0.15, 0.2) is 6.33 Å². The van der Waals surface area contributed by atoms with Crippen LogP contribution in [0.5, 0.6) is 0 Å². The third-order valence-corrected chi connectivity index (χ3v) is 3.29. The molecule has 0 radical (unpaired) electrons. The van der Waals surface area contributed by atoms with E-state index in [2.05, 4.69) is 25.8 Å². The first kappa shape index (κ1) is 13.3. The topological polar surface area (TPSA) is 120 Å². The first-order valence-electron chi connectivity index (χ1n) is 6.26. The summed E-state index contributed by atoms with van der Waals surface area (Å²) in [6, 6.07) is -0.222. The Hall–Kier alpha value is -2.12. The molecule has 2 rings (SSSR count). The highest BCUT2D eigenvalue weighted by Gasteiger charge is 2.26. The quantitative estimate of drug-likeness (QED) is 0.623. The van der Waals surface area contributed by atoms with Crippen molar-refractivity contribution in [1.29, 1.82) is 0 Å². The Morgan fingerprint density at radius 2 is 2.11 bits per heavy atom. The number of aromatic nitrogens is 3. The third kappa shape index (κ3) is 3.94. The molecule has 1 aromatic heterocycles. The molecule has 1 aromatic rings. The lowest BCUT2D eigenvalue weighted by Gasteiger charge is -2.26. The van der Waals surface area contributed by atoms with Gasteiger partial charge in [-0.1, -0.05) is 0 Å². The van der Waals surface area contributed by atoms with Gasteiger partial charge in [0.05, 0.1) is 12.5 Å². The predicted molar refractivity (Wildman–Crippen MR) is 65.1 cm³/mol. The van der Waals surface area contributed by atoms with E-state index < -0.39 is 5.97 Å². The number of carboxylic acid groups (broad SMARTS) is 1. The normalized spacial score (nSPS) is 22.7. The minimum absolute atomic E-state index is 0.0466. The van der Waals surface area contributed by atoms with Crippen molar-refractivity contribution < 1.29 is 14.7 Å². The second-order valence-electron chi connectivity index (χ2n) is 4.65. The zero-order chi connectivity index (χ0) is 13.7. The van der Waals surface area contributed by atoms with Crippen molar-refractivity contribution in [3.63, 3.8) is 0 Å². The van der Waals surface area contributed by atoms with Gasteiger partial charge < -0.3 is 15.7 Å². The van der Waals surface area contributed by atoms with Gasteiger partial charge >= 0.3 is 12.0 Å². The van der Waals surface area contributed by atoms with E-state index in [-0.39, 0.29) is 24.5 Å². The SMILES string of the molecule is O=C(NCc1ncn[nH]1)NC1CCC(C(=O)O)CC1. The minimum Gasteiger partial charge on any atom is -0.481 e. The van der Waals surface area contributed by atoms with Gasteiger partial charge in [-0.25, -0.2) is 9.78 Å². The molecule has 0 spiro atoms. The molecule has 8 heteroatoms. The summed E-state index contributed by atoms with van der Waals surface area (Å²) < 4.78 is 0. The van der Waals surface area contributed by atoms with E-state index in [1.54, 1.807) is 0 Å². The fourth-order valence-electron chi connectivity index (χ4n) is 2.20. The lowest BCUT2D eigenvalue weighted by molar-refractivity contribution is -0.142. The highest BCUT2D eigenvalue weighted by atomic mass is 16.4. The van der Waals surface area contributed by atoms with Crippen molar-refractivity contribution in [2.45, 2.75) is 38.3 Å². The number of hydrogen-bond donors (Lipinski definition) is 4. The van der Waals surface area contributed by atoms with E-state index in [1.807, 2.05) is 0 Å². The van der Waals surface area contributed by atoms with Crippen LogP contribution >= 0.6 is 0 Å². The summed E-state index contributed by atoms with van der Waals surface area (Å²) in [7, 11) is 0. The molecular weight excluding hydrogens is 250 g/mol. The number of carboxylic acids is 1. The number of urea groups is 1. The van der Waals surface area contributed by atoms with Gasteiger partial charge in [-0.05, 0) is 25.7 Å². The monoisotopic (exact) mass is 267 g/mol. The molecule has 19 heavy (non-hydrogen) atoms. The molecule has 0 unspecified atom stereocenters. The van der Waals surface area contributed by atoms with Crippen LogP contribution in [0, 0.1) is 5.92 Å². The average molecular weight is 267 g/mol. The summed E-state index contributed by atoms with van der Waals surface area (Å²) in [5.74, 6) is -0.423. The van der Waals surface area contributed by atoms with E-state index in [4.69, 9.17) is 5.11 Å². The number of hydrogen-bond acceptors (Lipinski definition) is 4. The molecular formula is C11H17N5O3. The third-order valence-electron chi connectivity index (χ3n) is 3.29. The molecule has 0 aromatic carbocycles. The van der Waals surface area contributed by atoms with Crippen molar-refractivity contribution >= 4 is 12.0 Å². The lowest BCUT2D eigenvalue weighted by atomic mass is 9.86. The number of nitrogens with zero attached hydrogens (tertiary/aromatic N) is 2. The fourth-order valence-corrected chi connectivity index (χ4v) is 2.20. The number of H-pyrrole nitrogens is 1. The van der Waals surface area contributed by atoms with Crippen LogP contribution < -0.4 is 10.6 Å². The Kier molecular flexibility index (Phi) is 4.32. The molecule has 1 aliphatic carbocycles. The molecule has 1 aliphatic rings. The van der Waals surface area contributed by atoms with Gasteiger partial charge in [0.2, 0.25) is 0 Å².